The lowest BCUT2D eigenvalue weighted by Crippen LogP contribution is -2.04. The first-order valence-electron chi connectivity index (χ1n) is 9.93. The summed E-state index contributed by atoms with van der Waals surface area (Å²) < 4.78 is 5.42. The van der Waals surface area contributed by atoms with E-state index >= 15 is 0 Å². The number of aliphatic imine (C=N–C) groups is 1. The molecule has 1 aliphatic heterocycles. The van der Waals surface area contributed by atoms with Gasteiger partial charge in [0.2, 0.25) is 5.95 Å². The maximum Gasteiger partial charge on any atom is 0.201 e. The standard InChI is InChI=1S/C22H25N5O/c1-11-9-23-12(2)19(11)17-7-16(20-13(3)27-28-14(20)4)8-18-21(17)26-22(25-18)24-10-15-5-6-15/h7-8,15H,5-6,9-10H2,1-4H3,(H2,24,25,26). The second kappa shape index (κ2) is 6.33. The molecular formula is C22H25N5O. The lowest BCUT2D eigenvalue weighted by atomic mass is 9.93. The molecule has 2 aromatic heterocycles. The second-order valence-corrected chi connectivity index (χ2v) is 8.09. The molecule has 144 valence electrons. The number of anilines is 1. The Bertz CT molecular complexity index is 1120. The van der Waals surface area contributed by atoms with Gasteiger partial charge in [-0.3, -0.25) is 4.99 Å². The molecule has 0 atom stereocenters. The zero-order chi connectivity index (χ0) is 19.4. The van der Waals surface area contributed by atoms with Gasteiger partial charge in [0.25, 0.3) is 0 Å². The van der Waals surface area contributed by atoms with Gasteiger partial charge in [0.1, 0.15) is 5.76 Å². The van der Waals surface area contributed by atoms with Gasteiger partial charge < -0.3 is 14.8 Å². The summed E-state index contributed by atoms with van der Waals surface area (Å²) in [7, 11) is 0. The minimum atomic E-state index is 0.759. The zero-order valence-electron chi connectivity index (χ0n) is 16.8. The van der Waals surface area contributed by atoms with Crippen molar-refractivity contribution in [2.45, 2.75) is 40.5 Å². The average Bonchev–Trinajstić information content (AvgIpc) is 3.18. The fraction of sp³-hybridized carbons (Fsp3) is 0.409. The van der Waals surface area contributed by atoms with Crippen molar-refractivity contribution in [2.75, 3.05) is 18.4 Å². The number of hydrogen-bond acceptors (Lipinski definition) is 5. The number of aryl methyl sites for hydroxylation is 2. The fourth-order valence-corrected chi connectivity index (χ4v) is 4.12. The first-order chi connectivity index (χ1) is 13.5. The number of benzene rings is 1. The van der Waals surface area contributed by atoms with Crippen LogP contribution in [0.25, 0.3) is 27.7 Å². The number of allylic oxidation sites excluding steroid dienone is 1. The smallest absolute Gasteiger partial charge is 0.201 e. The molecule has 1 aliphatic carbocycles. The Morgan fingerprint density at radius 2 is 2.00 bits per heavy atom. The van der Waals surface area contributed by atoms with Crippen LogP contribution in [0.15, 0.2) is 27.2 Å². The van der Waals surface area contributed by atoms with Crippen LogP contribution in [0.2, 0.25) is 0 Å². The van der Waals surface area contributed by atoms with Gasteiger partial charge in [-0.1, -0.05) is 5.16 Å². The number of nitrogens with zero attached hydrogens (tertiary/aromatic N) is 3. The number of H-pyrrole nitrogens is 1. The van der Waals surface area contributed by atoms with Crippen molar-refractivity contribution in [1.82, 2.24) is 15.1 Å². The van der Waals surface area contributed by atoms with Crippen LogP contribution in [0, 0.1) is 19.8 Å². The topological polar surface area (TPSA) is 79.1 Å². The van der Waals surface area contributed by atoms with E-state index in [4.69, 9.17) is 9.51 Å². The lowest BCUT2D eigenvalue weighted by Gasteiger charge is -2.10. The van der Waals surface area contributed by atoms with Crippen LogP contribution in [0.5, 0.6) is 0 Å². The molecule has 2 N–H and O–H groups in total. The van der Waals surface area contributed by atoms with E-state index in [0.717, 1.165) is 69.8 Å². The monoisotopic (exact) mass is 375 g/mol. The average molecular weight is 375 g/mol. The predicted octanol–water partition coefficient (Wildman–Crippen LogP) is 4.90. The molecule has 3 aromatic rings. The highest BCUT2D eigenvalue weighted by molar-refractivity contribution is 6.27. The van der Waals surface area contributed by atoms with Crippen LogP contribution in [-0.4, -0.2) is 33.9 Å². The van der Waals surface area contributed by atoms with E-state index in [2.05, 4.69) is 46.4 Å². The number of aromatic amines is 1. The second-order valence-electron chi connectivity index (χ2n) is 8.09. The third kappa shape index (κ3) is 2.84. The number of rotatable bonds is 5. The van der Waals surface area contributed by atoms with Crippen LogP contribution in [-0.2, 0) is 0 Å². The van der Waals surface area contributed by atoms with E-state index in [1.54, 1.807) is 0 Å². The highest BCUT2D eigenvalue weighted by atomic mass is 16.5. The molecule has 0 unspecified atom stereocenters. The summed E-state index contributed by atoms with van der Waals surface area (Å²) in [6.45, 7) is 9.92. The SMILES string of the molecule is CC1=NCC(C)=C1c1cc(-c2c(C)noc2C)cc2[nH]c(NCC3CC3)nc12. The van der Waals surface area contributed by atoms with Gasteiger partial charge >= 0.3 is 0 Å². The molecule has 3 heterocycles. The van der Waals surface area contributed by atoms with Crippen molar-refractivity contribution in [2.24, 2.45) is 10.9 Å². The van der Waals surface area contributed by atoms with Crippen LogP contribution in [0.4, 0.5) is 5.95 Å². The van der Waals surface area contributed by atoms with E-state index in [1.807, 2.05) is 13.8 Å². The van der Waals surface area contributed by atoms with Crippen LogP contribution in [0.3, 0.4) is 0 Å². The van der Waals surface area contributed by atoms with E-state index < -0.39 is 0 Å². The van der Waals surface area contributed by atoms with Gasteiger partial charge in [-0.05, 0) is 69.7 Å². The fourth-order valence-electron chi connectivity index (χ4n) is 4.12. The third-order valence-corrected chi connectivity index (χ3v) is 5.78. The number of imidazole rings is 1. The number of aromatic nitrogens is 3. The quantitative estimate of drug-likeness (QED) is 0.664. The molecule has 6 nitrogen and oxygen atoms in total. The summed E-state index contributed by atoms with van der Waals surface area (Å²) in [6.07, 6.45) is 2.63. The molecule has 1 aromatic carbocycles. The van der Waals surface area contributed by atoms with Crippen LogP contribution < -0.4 is 5.32 Å². The van der Waals surface area contributed by atoms with Crippen LogP contribution >= 0.6 is 0 Å². The minimum absolute atomic E-state index is 0.759. The summed E-state index contributed by atoms with van der Waals surface area (Å²) in [6, 6.07) is 4.36. The zero-order valence-corrected chi connectivity index (χ0v) is 16.8. The molecule has 0 amide bonds. The van der Waals surface area contributed by atoms with Crippen LogP contribution in [0.1, 0.15) is 43.7 Å². The Kier molecular flexibility index (Phi) is 3.89. The number of nitrogens with one attached hydrogen (secondary N) is 2. The van der Waals surface area contributed by atoms with Crippen molar-refractivity contribution in [3.05, 3.63) is 34.7 Å². The highest BCUT2D eigenvalue weighted by Crippen LogP contribution is 2.37. The first kappa shape index (κ1) is 17.2. The molecule has 1 saturated carbocycles. The Morgan fingerprint density at radius 3 is 2.64 bits per heavy atom. The largest absolute Gasteiger partial charge is 0.361 e. The Hall–Kier alpha value is -2.89. The molecule has 0 radical (unpaired) electrons. The van der Waals surface area contributed by atoms with Gasteiger partial charge in [0.15, 0.2) is 0 Å². The van der Waals surface area contributed by atoms with Gasteiger partial charge in [-0.15, -0.1) is 0 Å². The van der Waals surface area contributed by atoms with Gasteiger partial charge in [0, 0.05) is 29.0 Å². The third-order valence-electron chi connectivity index (χ3n) is 5.78. The first-order valence-corrected chi connectivity index (χ1v) is 9.93. The predicted molar refractivity (Wildman–Crippen MR) is 113 cm³/mol. The van der Waals surface area contributed by atoms with Crippen molar-refractivity contribution >= 4 is 28.3 Å². The maximum atomic E-state index is 5.42. The summed E-state index contributed by atoms with van der Waals surface area (Å²) in [5.74, 6) is 2.46. The highest BCUT2D eigenvalue weighted by Gasteiger charge is 2.24. The summed E-state index contributed by atoms with van der Waals surface area (Å²) in [4.78, 5) is 13.0. The van der Waals surface area contributed by atoms with E-state index in [-0.39, 0.29) is 0 Å². The van der Waals surface area contributed by atoms with Crippen molar-refractivity contribution in [3.8, 4) is 11.1 Å². The van der Waals surface area contributed by atoms with Crippen molar-refractivity contribution in [3.63, 3.8) is 0 Å². The van der Waals surface area contributed by atoms with E-state index in [0.29, 0.717) is 0 Å². The summed E-state index contributed by atoms with van der Waals surface area (Å²) in [5.41, 5.74) is 9.74. The molecular weight excluding hydrogens is 350 g/mol. The molecule has 6 heteroatoms. The molecule has 28 heavy (non-hydrogen) atoms. The van der Waals surface area contributed by atoms with Gasteiger partial charge in [-0.25, -0.2) is 4.98 Å². The molecule has 0 spiro atoms. The van der Waals surface area contributed by atoms with E-state index in [1.165, 1.54) is 24.0 Å². The molecule has 0 saturated heterocycles. The summed E-state index contributed by atoms with van der Waals surface area (Å²) in [5, 5.41) is 7.61. The van der Waals surface area contributed by atoms with E-state index in [9.17, 15) is 0 Å². The minimum Gasteiger partial charge on any atom is -0.361 e. The molecule has 5 rings (SSSR count). The lowest BCUT2D eigenvalue weighted by molar-refractivity contribution is 0.393. The molecule has 2 aliphatic rings. The number of fused-ring (bicyclic) bond motifs is 1. The molecule has 1 fully saturated rings. The van der Waals surface area contributed by atoms with Gasteiger partial charge in [0.05, 0.1) is 23.3 Å². The molecule has 0 bridgehead atoms. The normalized spacial score (nSPS) is 16.9. The van der Waals surface area contributed by atoms with Crippen molar-refractivity contribution < 1.29 is 4.52 Å². The summed E-state index contributed by atoms with van der Waals surface area (Å²) >= 11 is 0. The Morgan fingerprint density at radius 1 is 1.18 bits per heavy atom. The maximum absolute atomic E-state index is 5.42. The Balaban J connectivity index is 1.70. The Labute approximate surface area is 164 Å². The van der Waals surface area contributed by atoms with Gasteiger partial charge in [-0.2, -0.15) is 0 Å². The number of hydrogen-bond donors (Lipinski definition) is 2. The van der Waals surface area contributed by atoms with Crippen molar-refractivity contribution in [1.29, 1.82) is 0 Å².